The average Bonchev–Trinajstić information content (AvgIpc) is 2.37. The summed E-state index contributed by atoms with van der Waals surface area (Å²) in [7, 11) is 1.90. The molecule has 0 saturated carbocycles. The average molecular weight is 377 g/mol. The summed E-state index contributed by atoms with van der Waals surface area (Å²) in [6, 6.07) is 0. The van der Waals surface area contributed by atoms with E-state index < -0.39 is 38.1 Å². The Morgan fingerprint density at radius 3 is 1.43 bits per heavy atom. The molecule has 0 bridgehead atoms. The highest BCUT2D eigenvalue weighted by Crippen LogP contribution is 2.59. The molecule has 0 radical (unpaired) electrons. The number of alkyl halides is 7. The van der Waals surface area contributed by atoms with Crippen LogP contribution in [0, 0.1) is 0 Å². The smallest absolute Gasteiger partial charge is 0.349 e. The molecule has 0 rings (SSSR count). The van der Waals surface area contributed by atoms with Gasteiger partial charge in [-0.2, -0.15) is 30.7 Å². The summed E-state index contributed by atoms with van der Waals surface area (Å²) in [6.45, 7) is 0. The van der Waals surface area contributed by atoms with E-state index in [4.69, 9.17) is 14.2 Å². The summed E-state index contributed by atoms with van der Waals surface area (Å²) < 4.78 is 103. The summed E-state index contributed by atoms with van der Waals surface area (Å²) in [6.07, 6.45) is -8.01. The summed E-state index contributed by atoms with van der Waals surface area (Å²) in [4.78, 5) is 0. The van der Waals surface area contributed by atoms with Gasteiger partial charge in [0.05, 0.1) is 13.4 Å². The molecule has 0 saturated heterocycles. The van der Waals surface area contributed by atoms with Crippen molar-refractivity contribution in [2.24, 2.45) is 0 Å². The zero-order valence-corrected chi connectivity index (χ0v) is 14.0. The minimum Gasteiger partial charge on any atom is -0.349 e. The third-order valence-corrected chi connectivity index (χ3v) is 6.83. The third-order valence-electron chi connectivity index (χ3n) is 3.15. The van der Waals surface area contributed by atoms with Crippen molar-refractivity contribution in [1.82, 2.24) is 0 Å². The molecule has 0 aliphatic rings. The van der Waals surface area contributed by atoms with E-state index in [0.717, 1.165) is 0 Å². The Bertz CT molecular complexity index is 331. The molecule has 0 aliphatic heterocycles. The lowest BCUT2D eigenvalue weighted by Gasteiger charge is -2.29. The Labute approximate surface area is 130 Å². The first kappa shape index (κ1) is 22.8. The molecule has 0 aromatic carbocycles. The Morgan fingerprint density at radius 1 is 0.739 bits per heavy atom. The maximum atomic E-state index is 13.3. The Balaban J connectivity index is 4.93. The largest absolute Gasteiger partial charge is 0.459 e. The fourth-order valence-corrected chi connectivity index (χ4v) is 5.21. The van der Waals surface area contributed by atoms with Crippen LogP contribution in [0.3, 0.4) is 0 Å². The predicted octanol–water partition coefficient (Wildman–Crippen LogP) is 4.43. The molecule has 23 heavy (non-hydrogen) atoms. The van der Waals surface area contributed by atoms with Crippen molar-refractivity contribution in [2.75, 3.05) is 46.5 Å². The van der Waals surface area contributed by atoms with Crippen molar-refractivity contribution < 1.29 is 44.9 Å². The third kappa shape index (κ3) is 5.99. The quantitative estimate of drug-likeness (QED) is 0.394. The van der Waals surface area contributed by atoms with Crippen molar-refractivity contribution in [1.29, 1.82) is 0 Å². The second-order valence-corrected chi connectivity index (χ2v) is 9.10. The SMILES string of the molecule is COC[P+](CCCC(F)(F)C(F)(F)C(F)(F)F)(COC)COC. The first-order valence-corrected chi connectivity index (χ1v) is 9.06. The van der Waals surface area contributed by atoms with Gasteiger partial charge >= 0.3 is 18.0 Å². The van der Waals surface area contributed by atoms with Crippen molar-refractivity contribution in [3.63, 3.8) is 0 Å². The molecule has 0 amide bonds. The molecule has 140 valence electrons. The van der Waals surface area contributed by atoms with Gasteiger partial charge in [0.1, 0.15) is 0 Å². The molecule has 0 aliphatic carbocycles. The second kappa shape index (κ2) is 8.78. The van der Waals surface area contributed by atoms with Crippen LogP contribution in [0.5, 0.6) is 0 Å². The van der Waals surface area contributed by atoms with Crippen LogP contribution >= 0.6 is 7.26 Å². The van der Waals surface area contributed by atoms with Gasteiger partial charge in [-0.05, 0) is 6.42 Å². The van der Waals surface area contributed by atoms with E-state index >= 15 is 0 Å². The number of ether oxygens (including phenoxy) is 3. The molecule has 0 heterocycles. The monoisotopic (exact) mass is 377 g/mol. The predicted molar refractivity (Wildman–Crippen MR) is 72.6 cm³/mol. The second-order valence-electron chi connectivity index (χ2n) is 5.20. The summed E-state index contributed by atoms with van der Waals surface area (Å²) in [5, 5.41) is 0. The number of hydrogen-bond acceptors (Lipinski definition) is 3. The molecule has 0 spiro atoms. The van der Waals surface area contributed by atoms with Crippen LogP contribution in [-0.2, 0) is 14.2 Å². The van der Waals surface area contributed by atoms with E-state index in [9.17, 15) is 30.7 Å². The highest BCUT2D eigenvalue weighted by molar-refractivity contribution is 7.75. The van der Waals surface area contributed by atoms with E-state index in [-0.39, 0.29) is 25.2 Å². The maximum absolute atomic E-state index is 13.3. The number of methoxy groups -OCH3 is 3. The Kier molecular flexibility index (Phi) is 8.71. The molecule has 0 unspecified atom stereocenters. The van der Waals surface area contributed by atoms with Gasteiger partial charge in [-0.25, -0.2) is 0 Å². The topological polar surface area (TPSA) is 27.7 Å². The van der Waals surface area contributed by atoms with Crippen LogP contribution < -0.4 is 0 Å². The number of halogens is 7. The van der Waals surface area contributed by atoms with Crippen LogP contribution in [0.25, 0.3) is 0 Å². The zero-order valence-electron chi connectivity index (χ0n) is 13.1. The van der Waals surface area contributed by atoms with Crippen LogP contribution in [0.2, 0.25) is 0 Å². The van der Waals surface area contributed by atoms with Gasteiger partial charge in [0.25, 0.3) is 0 Å². The summed E-state index contributed by atoms with van der Waals surface area (Å²) in [5.74, 6) is -11.2. The fraction of sp³-hybridized carbons (Fsp3) is 1.00. The first-order valence-electron chi connectivity index (χ1n) is 6.53. The first-order chi connectivity index (χ1) is 10.4. The maximum Gasteiger partial charge on any atom is 0.459 e. The summed E-state index contributed by atoms with van der Waals surface area (Å²) >= 11 is 0. The molecule has 0 atom stereocenters. The van der Waals surface area contributed by atoms with Crippen LogP contribution in [0.4, 0.5) is 30.7 Å². The number of hydrogen-bond donors (Lipinski definition) is 0. The Hall–Kier alpha value is -0.180. The molecule has 0 aromatic heterocycles. The fourth-order valence-electron chi connectivity index (χ4n) is 2.13. The number of rotatable bonds is 11. The molecule has 11 heteroatoms. The molecular formula is C12H21F7O3P+. The van der Waals surface area contributed by atoms with Gasteiger partial charge in [0.15, 0.2) is 19.0 Å². The molecule has 0 aromatic rings. The van der Waals surface area contributed by atoms with Crippen LogP contribution in [0.15, 0.2) is 0 Å². The van der Waals surface area contributed by atoms with Crippen LogP contribution in [-0.4, -0.2) is 64.6 Å². The van der Waals surface area contributed by atoms with E-state index in [1.165, 1.54) is 21.3 Å². The van der Waals surface area contributed by atoms with E-state index in [1.54, 1.807) is 0 Å². The van der Waals surface area contributed by atoms with Crippen LogP contribution in [0.1, 0.15) is 12.8 Å². The Morgan fingerprint density at radius 2 is 1.13 bits per heavy atom. The van der Waals surface area contributed by atoms with Gasteiger partial charge in [-0.1, -0.05) is 0 Å². The molecule has 3 nitrogen and oxygen atoms in total. The van der Waals surface area contributed by atoms with Crippen molar-refractivity contribution >= 4 is 7.26 Å². The summed E-state index contributed by atoms with van der Waals surface area (Å²) in [5.41, 5.74) is 0. The lowest BCUT2D eigenvalue weighted by molar-refractivity contribution is -0.355. The van der Waals surface area contributed by atoms with Gasteiger partial charge < -0.3 is 14.2 Å². The highest BCUT2D eigenvalue weighted by Gasteiger charge is 2.72. The van der Waals surface area contributed by atoms with Crippen molar-refractivity contribution in [3.8, 4) is 0 Å². The minimum absolute atomic E-state index is 0.00789. The minimum atomic E-state index is -6.30. The molecular weight excluding hydrogens is 356 g/mol. The molecule has 0 fully saturated rings. The van der Waals surface area contributed by atoms with Gasteiger partial charge in [-0.15, -0.1) is 0 Å². The van der Waals surface area contributed by atoms with Crippen molar-refractivity contribution in [3.05, 3.63) is 0 Å². The molecule has 0 N–H and O–H groups in total. The van der Waals surface area contributed by atoms with E-state index in [2.05, 4.69) is 0 Å². The zero-order chi connectivity index (χ0) is 18.4. The highest BCUT2D eigenvalue weighted by atomic mass is 31.2. The van der Waals surface area contributed by atoms with Crippen molar-refractivity contribution in [2.45, 2.75) is 30.9 Å². The van der Waals surface area contributed by atoms with Gasteiger partial charge in [-0.3, -0.25) is 0 Å². The van der Waals surface area contributed by atoms with Gasteiger partial charge in [0.2, 0.25) is 0 Å². The van der Waals surface area contributed by atoms with E-state index in [0.29, 0.717) is 0 Å². The lowest BCUT2D eigenvalue weighted by Crippen LogP contribution is -2.51. The van der Waals surface area contributed by atoms with E-state index in [1.807, 2.05) is 0 Å². The van der Waals surface area contributed by atoms with Gasteiger partial charge in [0, 0.05) is 27.8 Å². The standard InChI is InChI=1S/C12H21F7O3P/c1-20-7-23(8-21-2,9-22-3)6-4-5-10(13,14)11(15,16)12(17,18)19/h4-9H2,1-3H3/q+1. The lowest BCUT2D eigenvalue weighted by atomic mass is 10.1. The normalized spacial score (nSPS) is 14.3.